The fourth-order valence-corrected chi connectivity index (χ4v) is 2.55. The van der Waals surface area contributed by atoms with Crippen molar-refractivity contribution in [3.05, 3.63) is 58.6 Å². The summed E-state index contributed by atoms with van der Waals surface area (Å²) in [6.45, 7) is 3.91. The maximum Gasteiger partial charge on any atom is 0.340 e. The van der Waals surface area contributed by atoms with Crippen molar-refractivity contribution < 1.29 is 19.1 Å². The average Bonchev–Trinajstić information content (AvgIpc) is 2.64. The monoisotopic (exact) mass is 406 g/mol. The highest BCUT2D eigenvalue weighted by atomic mass is 35.5. The molecule has 2 rings (SSSR count). The molecule has 0 spiro atoms. The molecule has 2 aromatic carbocycles. The molecule has 0 saturated carbocycles. The minimum Gasteiger partial charge on any atom is -0.462 e. The normalized spacial score (nSPS) is 10.0. The maximum atomic E-state index is 12.2. The lowest BCUT2D eigenvalue weighted by Gasteiger charge is -2.15. The number of hydrogen-bond donors (Lipinski definition) is 2. The molecule has 142 valence electrons. The van der Waals surface area contributed by atoms with Crippen LogP contribution in [0.5, 0.6) is 0 Å². The lowest BCUT2D eigenvalue weighted by atomic mass is 10.1. The van der Waals surface area contributed by atoms with Gasteiger partial charge in [-0.2, -0.15) is 0 Å². The van der Waals surface area contributed by atoms with Crippen molar-refractivity contribution in [3.8, 4) is 0 Å². The third-order valence-electron chi connectivity index (χ3n) is 3.38. The van der Waals surface area contributed by atoms with Gasteiger partial charge in [-0.15, -0.1) is 0 Å². The third-order valence-corrected chi connectivity index (χ3v) is 3.83. The summed E-state index contributed by atoms with van der Waals surface area (Å²) in [6.07, 6.45) is 0. The molecule has 0 radical (unpaired) electrons. The number of ether oxygens (including phenoxy) is 2. The van der Waals surface area contributed by atoms with Crippen LogP contribution in [-0.2, 0) is 9.47 Å². The van der Waals surface area contributed by atoms with Crippen molar-refractivity contribution in [2.75, 3.05) is 23.8 Å². The van der Waals surface area contributed by atoms with Gasteiger partial charge >= 0.3 is 11.9 Å². The summed E-state index contributed by atoms with van der Waals surface area (Å²) in [5, 5.41) is 6.75. The Bertz CT molecular complexity index is 840. The van der Waals surface area contributed by atoms with Gasteiger partial charge in [0.05, 0.1) is 30.0 Å². The van der Waals surface area contributed by atoms with Gasteiger partial charge in [-0.05, 0) is 68.5 Å². The topological polar surface area (TPSA) is 76.7 Å². The summed E-state index contributed by atoms with van der Waals surface area (Å²) in [5.41, 5.74) is 1.61. The van der Waals surface area contributed by atoms with E-state index in [1.807, 2.05) is 0 Å². The van der Waals surface area contributed by atoms with E-state index in [0.717, 1.165) is 5.69 Å². The molecule has 0 heterocycles. The van der Waals surface area contributed by atoms with Gasteiger partial charge in [-0.25, -0.2) is 9.59 Å². The van der Waals surface area contributed by atoms with Gasteiger partial charge in [-0.3, -0.25) is 0 Å². The highest BCUT2D eigenvalue weighted by molar-refractivity contribution is 7.80. The van der Waals surface area contributed by atoms with Crippen LogP contribution in [0.25, 0.3) is 0 Å². The highest BCUT2D eigenvalue weighted by Gasteiger charge is 2.17. The van der Waals surface area contributed by atoms with Crippen LogP contribution in [0, 0.1) is 0 Å². The molecule has 0 aromatic heterocycles. The molecule has 0 bridgehead atoms. The maximum absolute atomic E-state index is 12.2. The summed E-state index contributed by atoms with van der Waals surface area (Å²) in [5.74, 6) is -1.02. The van der Waals surface area contributed by atoms with Crippen molar-refractivity contribution in [3.63, 3.8) is 0 Å². The summed E-state index contributed by atoms with van der Waals surface area (Å²) in [6, 6.07) is 11.5. The lowest BCUT2D eigenvalue weighted by Crippen LogP contribution is -2.21. The number of rotatable bonds is 6. The molecule has 0 atom stereocenters. The standard InChI is InChI=1S/C19H19ClN2O4S/c1-3-25-17(23)12-5-10-15(18(24)26-4-2)16(11-12)22-19(27)21-14-8-6-13(20)7-9-14/h5-11H,3-4H2,1-2H3,(H2,21,22,27). The predicted octanol–water partition coefficient (Wildman–Crippen LogP) is 4.50. The van der Waals surface area contributed by atoms with Gasteiger partial charge in [0.1, 0.15) is 0 Å². The second-order valence-electron chi connectivity index (χ2n) is 5.29. The lowest BCUT2D eigenvalue weighted by molar-refractivity contribution is 0.0512. The van der Waals surface area contributed by atoms with E-state index in [1.54, 1.807) is 38.1 Å². The van der Waals surface area contributed by atoms with Crippen LogP contribution >= 0.6 is 23.8 Å². The Morgan fingerprint density at radius 2 is 1.59 bits per heavy atom. The molecule has 6 nitrogen and oxygen atoms in total. The highest BCUT2D eigenvalue weighted by Crippen LogP contribution is 2.21. The van der Waals surface area contributed by atoms with Crippen LogP contribution in [0.2, 0.25) is 5.02 Å². The zero-order chi connectivity index (χ0) is 19.8. The van der Waals surface area contributed by atoms with Crippen molar-refractivity contribution in [1.29, 1.82) is 0 Å². The first-order chi connectivity index (χ1) is 12.9. The van der Waals surface area contributed by atoms with E-state index in [4.69, 9.17) is 33.3 Å². The molecule has 2 N–H and O–H groups in total. The van der Waals surface area contributed by atoms with Crippen LogP contribution in [0.1, 0.15) is 34.6 Å². The first-order valence-electron chi connectivity index (χ1n) is 8.26. The summed E-state index contributed by atoms with van der Waals surface area (Å²) >= 11 is 11.2. The minimum absolute atomic E-state index is 0.228. The zero-order valence-corrected chi connectivity index (χ0v) is 16.4. The Morgan fingerprint density at radius 1 is 0.963 bits per heavy atom. The Morgan fingerprint density at radius 3 is 2.22 bits per heavy atom. The number of carbonyl (C=O) groups is 2. The zero-order valence-electron chi connectivity index (χ0n) is 14.9. The smallest absolute Gasteiger partial charge is 0.340 e. The number of carbonyl (C=O) groups excluding carboxylic acids is 2. The first kappa shape index (κ1) is 20.7. The van der Waals surface area contributed by atoms with Crippen LogP contribution in [0.3, 0.4) is 0 Å². The van der Waals surface area contributed by atoms with E-state index in [-0.39, 0.29) is 23.9 Å². The minimum atomic E-state index is -0.523. The second kappa shape index (κ2) is 9.89. The van der Waals surface area contributed by atoms with E-state index < -0.39 is 11.9 Å². The van der Waals surface area contributed by atoms with Gasteiger partial charge in [0.2, 0.25) is 0 Å². The molecule has 0 aliphatic carbocycles. The Balaban J connectivity index is 2.25. The van der Waals surface area contributed by atoms with E-state index in [0.29, 0.717) is 16.3 Å². The molecule has 2 aromatic rings. The Labute approximate surface area is 167 Å². The summed E-state index contributed by atoms with van der Waals surface area (Å²) in [7, 11) is 0. The number of hydrogen-bond acceptors (Lipinski definition) is 5. The van der Waals surface area contributed by atoms with Crippen molar-refractivity contribution in [1.82, 2.24) is 0 Å². The molecule has 8 heteroatoms. The number of thiocarbonyl (C=S) groups is 1. The van der Waals surface area contributed by atoms with Gasteiger partial charge in [-0.1, -0.05) is 11.6 Å². The Hall–Kier alpha value is -2.64. The average molecular weight is 407 g/mol. The Kier molecular flexibility index (Phi) is 7.57. The molecule has 0 aliphatic rings. The molecule has 0 fully saturated rings. The van der Waals surface area contributed by atoms with Gasteiger partial charge < -0.3 is 20.1 Å². The summed E-state index contributed by atoms with van der Waals surface area (Å²) in [4.78, 5) is 24.2. The van der Waals surface area contributed by atoms with Crippen LogP contribution in [0.15, 0.2) is 42.5 Å². The molecule has 0 aliphatic heterocycles. The third kappa shape index (κ3) is 5.94. The van der Waals surface area contributed by atoms with Gasteiger partial charge in [0.25, 0.3) is 0 Å². The van der Waals surface area contributed by atoms with E-state index in [1.165, 1.54) is 18.2 Å². The van der Waals surface area contributed by atoms with Crippen LogP contribution < -0.4 is 10.6 Å². The summed E-state index contributed by atoms with van der Waals surface area (Å²) < 4.78 is 10.1. The molecule has 0 saturated heterocycles. The van der Waals surface area contributed by atoms with Gasteiger partial charge in [0.15, 0.2) is 5.11 Å². The fraction of sp³-hybridized carbons (Fsp3) is 0.211. The van der Waals surface area contributed by atoms with E-state index >= 15 is 0 Å². The number of halogens is 1. The number of anilines is 2. The molecule has 0 amide bonds. The molecule has 27 heavy (non-hydrogen) atoms. The number of benzene rings is 2. The van der Waals surface area contributed by atoms with Crippen LogP contribution in [0.4, 0.5) is 11.4 Å². The number of esters is 2. The van der Waals surface area contributed by atoms with Crippen molar-refractivity contribution in [2.24, 2.45) is 0 Å². The van der Waals surface area contributed by atoms with Crippen LogP contribution in [-0.4, -0.2) is 30.3 Å². The van der Waals surface area contributed by atoms with E-state index in [2.05, 4.69) is 10.6 Å². The molecular weight excluding hydrogens is 388 g/mol. The second-order valence-corrected chi connectivity index (χ2v) is 6.13. The van der Waals surface area contributed by atoms with E-state index in [9.17, 15) is 9.59 Å². The quantitative estimate of drug-likeness (QED) is 0.540. The number of nitrogens with one attached hydrogen (secondary N) is 2. The fourth-order valence-electron chi connectivity index (χ4n) is 2.19. The van der Waals surface area contributed by atoms with Crippen molar-refractivity contribution >= 4 is 52.2 Å². The van der Waals surface area contributed by atoms with Crippen molar-refractivity contribution in [2.45, 2.75) is 13.8 Å². The molecule has 0 unspecified atom stereocenters. The largest absolute Gasteiger partial charge is 0.462 e. The predicted molar refractivity (Wildman–Crippen MR) is 110 cm³/mol. The first-order valence-corrected chi connectivity index (χ1v) is 9.05. The molecular formula is C19H19ClN2O4S. The van der Waals surface area contributed by atoms with Gasteiger partial charge in [0, 0.05) is 10.7 Å². The SMILES string of the molecule is CCOC(=O)c1ccc(C(=O)OCC)c(NC(=S)Nc2ccc(Cl)cc2)c1.